The van der Waals surface area contributed by atoms with Crippen molar-refractivity contribution in [2.45, 2.75) is 45.3 Å². The zero-order chi connectivity index (χ0) is 20.3. The smallest absolute Gasteiger partial charge is 0.407 e. The minimum absolute atomic E-state index is 0.00299. The first-order valence-corrected chi connectivity index (χ1v) is 10.3. The fourth-order valence-electron chi connectivity index (χ4n) is 3.15. The number of nitrogens with one attached hydrogen (secondary N) is 1. The van der Waals surface area contributed by atoms with E-state index in [1.807, 2.05) is 58.2 Å². The highest BCUT2D eigenvalue weighted by Gasteiger charge is 2.35. The van der Waals surface area contributed by atoms with Gasteiger partial charge in [0.25, 0.3) is 5.91 Å². The highest BCUT2D eigenvalue weighted by Crippen LogP contribution is 2.33. The molecule has 0 aliphatic heterocycles. The number of rotatable bonds is 5. The van der Waals surface area contributed by atoms with E-state index in [4.69, 9.17) is 4.74 Å². The van der Waals surface area contributed by atoms with Crippen molar-refractivity contribution in [3.63, 3.8) is 0 Å². The molecule has 7 heteroatoms. The average Bonchev–Trinajstić information content (AvgIpc) is 3.08. The lowest BCUT2D eigenvalue weighted by Crippen LogP contribution is -2.48. The lowest BCUT2D eigenvalue weighted by atomic mass is 9.79. The van der Waals surface area contributed by atoms with Crippen molar-refractivity contribution in [1.82, 2.24) is 15.2 Å². The molecule has 1 N–H and O–H groups in total. The molecule has 0 spiro atoms. The largest absolute Gasteiger partial charge is 0.444 e. The van der Waals surface area contributed by atoms with E-state index >= 15 is 0 Å². The zero-order valence-electron chi connectivity index (χ0n) is 16.8. The van der Waals surface area contributed by atoms with Gasteiger partial charge in [-0.15, -0.1) is 11.3 Å². The lowest BCUT2D eigenvalue weighted by Gasteiger charge is -2.41. The molecular formula is C21H27N3O3S. The Hall–Kier alpha value is -2.41. The quantitative estimate of drug-likeness (QED) is 0.816. The van der Waals surface area contributed by atoms with E-state index in [2.05, 4.69) is 10.3 Å². The van der Waals surface area contributed by atoms with Crippen LogP contribution in [0.25, 0.3) is 10.6 Å². The van der Waals surface area contributed by atoms with Crippen LogP contribution >= 0.6 is 11.3 Å². The number of thiazole rings is 1. The number of hydrogen-bond acceptors (Lipinski definition) is 5. The summed E-state index contributed by atoms with van der Waals surface area (Å²) in [5, 5.41) is 3.66. The van der Waals surface area contributed by atoms with Crippen LogP contribution in [0.3, 0.4) is 0 Å². The van der Waals surface area contributed by atoms with E-state index in [1.165, 1.54) is 11.3 Å². The summed E-state index contributed by atoms with van der Waals surface area (Å²) in [7, 11) is 1.84. The van der Waals surface area contributed by atoms with Crippen molar-refractivity contribution >= 4 is 23.3 Å². The molecule has 2 amide bonds. The third kappa shape index (κ3) is 5.10. The number of ether oxygens (including phenoxy) is 1. The van der Waals surface area contributed by atoms with Crippen LogP contribution in [0.1, 0.15) is 43.3 Å². The normalized spacial score (nSPS) is 18.9. The van der Waals surface area contributed by atoms with E-state index < -0.39 is 11.7 Å². The predicted molar refractivity (Wildman–Crippen MR) is 110 cm³/mol. The molecule has 1 aliphatic carbocycles. The van der Waals surface area contributed by atoms with Gasteiger partial charge >= 0.3 is 6.09 Å². The van der Waals surface area contributed by atoms with Gasteiger partial charge in [0.05, 0.1) is 6.20 Å². The summed E-state index contributed by atoms with van der Waals surface area (Å²) in [6.45, 7) is 6.10. The molecule has 3 rings (SSSR count). The summed E-state index contributed by atoms with van der Waals surface area (Å²) >= 11 is 1.42. The molecule has 1 heterocycles. The lowest BCUT2D eigenvalue weighted by molar-refractivity contribution is 0.0437. The Morgan fingerprint density at radius 1 is 1.25 bits per heavy atom. The maximum absolute atomic E-state index is 12.8. The monoisotopic (exact) mass is 401 g/mol. The first-order chi connectivity index (χ1) is 13.2. The summed E-state index contributed by atoms with van der Waals surface area (Å²) in [6, 6.07) is 10.1. The van der Waals surface area contributed by atoms with Crippen molar-refractivity contribution in [3.05, 3.63) is 41.4 Å². The van der Waals surface area contributed by atoms with Gasteiger partial charge in [-0.05, 0) is 39.5 Å². The second-order valence-corrected chi connectivity index (χ2v) is 9.22. The molecule has 0 saturated heterocycles. The van der Waals surface area contributed by atoms with Crippen molar-refractivity contribution in [2.24, 2.45) is 5.92 Å². The molecule has 0 atom stereocenters. The SMILES string of the molecule is CN(C(=O)c1cnc(-c2ccccc2)s1)C1CC(CNC(=O)OC(C)(C)C)C1. The molecule has 0 unspecified atom stereocenters. The van der Waals surface area contributed by atoms with E-state index in [0.717, 1.165) is 23.4 Å². The van der Waals surface area contributed by atoms with Gasteiger partial charge in [0.15, 0.2) is 0 Å². The molecule has 2 aromatic rings. The molecule has 28 heavy (non-hydrogen) atoms. The minimum atomic E-state index is -0.494. The summed E-state index contributed by atoms with van der Waals surface area (Å²) in [5.41, 5.74) is 0.526. The van der Waals surface area contributed by atoms with Crippen molar-refractivity contribution in [2.75, 3.05) is 13.6 Å². The fraction of sp³-hybridized carbons (Fsp3) is 0.476. The highest BCUT2D eigenvalue weighted by atomic mass is 32.1. The van der Waals surface area contributed by atoms with E-state index in [9.17, 15) is 9.59 Å². The number of hydrogen-bond donors (Lipinski definition) is 1. The zero-order valence-corrected chi connectivity index (χ0v) is 17.6. The summed E-state index contributed by atoms with van der Waals surface area (Å²) in [6.07, 6.45) is 3.02. The topological polar surface area (TPSA) is 71.5 Å². The van der Waals surface area contributed by atoms with Crippen LogP contribution < -0.4 is 5.32 Å². The van der Waals surface area contributed by atoms with Gasteiger partial charge in [-0.1, -0.05) is 30.3 Å². The molecule has 6 nitrogen and oxygen atoms in total. The van der Waals surface area contributed by atoms with Crippen LogP contribution in [-0.2, 0) is 4.74 Å². The Morgan fingerprint density at radius 2 is 1.93 bits per heavy atom. The molecule has 1 saturated carbocycles. The van der Waals surface area contributed by atoms with Crippen LogP contribution in [0.4, 0.5) is 4.79 Å². The Balaban J connectivity index is 1.47. The Kier molecular flexibility index (Phi) is 6.03. The number of alkyl carbamates (subject to hydrolysis) is 1. The maximum Gasteiger partial charge on any atom is 0.407 e. The van der Waals surface area contributed by atoms with Crippen molar-refractivity contribution < 1.29 is 14.3 Å². The van der Waals surface area contributed by atoms with Crippen LogP contribution in [0, 0.1) is 5.92 Å². The Morgan fingerprint density at radius 3 is 2.57 bits per heavy atom. The van der Waals surface area contributed by atoms with Crippen molar-refractivity contribution in [3.8, 4) is 10.6 Å². The van der Waals surface area contributed by atoms with Crippen LogP contribution in [0.2, 0.25) is 0 Å². The van der Waals surface area contributed by atoms with Crippen LogP contribution in [-0.4, -0.2) is 47.1 Å². The Bertz CT molecular complexity index is 823. The third-order valence-electron chi connectivity index (χ3n) is 4.75. The molecule has 150 valence electrons. The second-order valence-electron chi connectivity index (χ2n) is 8.19. The van der Waals surface area contributed by atoms with Gasteiger partial charge in [-0.3, -0.25) is 4.79 Å². The number of carbonyl (C=O) groups is 2. The predicted octanol–water partition coefficient (Wildman–Crippen LogP) is 4.19. The van der Waals surface area contributed by atoms with Gasteiger partial charge < -0.3 is 15.0 Å². The number of aromatic nitrogens is 1. The van der Waals surface area contributed by atoms with Crippen LogP contribution in [0.5, 0.6) is 0 Å². The highest BCUT2D eigenvalue weighted by molar-refractivity contribution is 7.16. The Labute approximate surface area is 169 Å². The van der Waals surface area contributed by atoms with Crippen molar-refractivity contribution in [1.29, 1.82) is 0 Å². The molecule has 1 aromatic carbocycles. The summed E-state index contributed by atoms with van der Waals surface area (Å²) < 4.78 is 5.25. The molecule has 1 aromatic heterocycles. The molecule has 1 aliphatic rings. The second kappa shape index (κ2) is 8.31. The number of carbonyl (C=O) groups excluding carboxylic acids is 2. The number of amides is 2. The average molecular weight is 402 g/mol. The van der Waals surface area contributed by atoms with Gasteiger partial charge in [-0.25, -0.2) is 9.78 Å². The van der Waals surface area contributed by atoms with Gasteiger partial charge in [0, 0.05) is 25.2 Å². The third-order valence-corrected chi connectivity index (χ3v) is 5.78. The maximum atomic E-state index is 12.8. The van der Waals surface area contributed by atoms with E-state index in [1.54, 1.807) is 11.1 Å². The first-order valence-electron chi connectivity index (χ1n) is 9.48. The summed E-state index contributed by atoms with van der Waals surface area (Å²) in [4.78, 5) is 31.3. The molecular weight excluding hydrogens is 374 g/mol. The number of nitrogens with zero attached hydrogens (tertiary/aromatic N) is 2. The molecule has 0 radical (unpaired) electrons. The minimum Gasteiger partial charge on any atom is -0.444 e. The van der Waals surface area contributed by atoms with Gasteiger partial charge in [0.1, 0.15) is 15.5 Å². The fourth-order valence-corrected chi connectivity index (χ4v) is 4.06. The van der Waals surface area contributed by atoms with E-state index in [0.29, 0.717) is 17.3 Å². The van der Waals surface area contributed by atoms with E-state index in [-0.39, 0.29) is 11.9 Å². The number of benzene rings is 1. The van der Waals surface area contributed by atoms with Gasteiger partial charge in [0.2, 0.25) is 0 Å². The standard InChI is InChI=1S/C21H27N3O3S/c1-21(2,3)27-20(26)23-12-14-10-16(11-14)24(4)19(25)17-13-22-18(28-17)15-8-6-5-7-9-15/h5-9,13-14,16H,10-12H2,1-4H3,(H,23,26). The molecule has 1 fully saturated rings. The summed E-state index contributed by atoms with van der Waals surface area (Å²) in [5.74, 6) is 0.373. The first kappa shape index (κ1) is 20.3. The van der Waals surface area contributed by atoms with Crippen LogP contribution in [0.15, 0.2) is 36.5 Å². The molecule has 0 bridgehead atoms. The van der Waals surface area contributed by atoms with Gasteiger partial charge in [-0.2, -0.15) is 0 Å².